The van der Waals surface area contributed by atoms with Crippen LogP contribution in [-0.4, -0.2) is 30.9 Å². The Hall–Kier alpha value is -2.60. The lowest BCUT2D eigenvalue weighted by atomic mass is 9.89. The van der Waals surface area contributed by atoms with E-state index in [1.807, 2.05) is 19.9 Å². The van der Waals surface area contributed by atoms with E-state index < -0.39 is 0 Å². The van der Waals surface area contributed by atoms with Gasteiger partial charge < -0.3 is 9.47 Å². The first-order valence-electron chi connectivity index (χ1n) is 8.86. The summed E-state index contributed by atoms with van der Waals surface area (Å²) in [5, 5.41) is -0.405. The lowest BCUT2D eigenvalue weighted by Gasteiger charge is -2.23. The molecule has 148 valence electrons. The van der Waals surface area contributed by atoms with Gasteiger partial charge in [0, 0.05) is 10.8 Å². The van der Waals surface area contributed by atoms with Gasteiger partial charge in [0.15, 0.2) is 11.6 Å². The second-order valence-electron chi connectivity index (χ2n) is 6.46. The molecule has 0 amide bonds. The molecule has 1 atom stereocenters. The zero-order valence-electron chi connectivity index (χ0n) is 16.7. The number of hydrogen-bond donors (Lipinski definition) is 0. The van der Waals surface area contributed by atoms with E-state index in [0.29, 0.717) is 23.5 Å². The van der Waals surface area contributed by atoms with Crippen molar-refractivity contribution in [2.45, 2.75) is 32.4 Å². The van der Waals surface area contributed by atoms with Crippen LogP contribution in [-0.2, 0) is 4.79 Å². The highest BCUT2D eigenvalue weighted by Crippen LogP contribution is 2.45. The molecule has 1 unspecified atom stereocenters. The summed E-state index contributed by atoms with van der Waals surface area (Å²) in [6, 6.07) is 1.70. The average Bonchev–Trinajstić information content (AvgIpc) is 2.66. The molecule has 0 radical (unpaired) electrons. The maximum absolute atomic E-state index is 12.6. The third-order valence-electron chi connectivity index (χ3n) is 4.22. The summed E-state index contributed by atoms with van der Waals surface area (Å²) in [6.07, 6.45) is 8.24. The van der Waals surface area contributed by atoms with Gasteiger partial charge in [-0.3, -0.25) is 14.4 Å². The van der Waals surface area contributed by atoms with Gasteiger partial charge in [-0.25, -0.2) is 0 Å². The van der Waals surface area contributed by atoms with Crippen molar-refractivity contribution in [2.24, 2.45) is 0 Å². The van der Waals surface area contributed by atoms with Crippen molar-refractivity contribution in [3.05, 3.63) is 58.7 Å². The zero-order chi connectivity index (χ0) is 20.8. The number of carbonyl (C=O) groups excluding carboxylic acids is 3. The highest BCUT2D eigenvalue weighted by molar-refractivity contribution is 8.14. The van der Waals surface area contributed by atoms with Crippen molar-refractivity contribution in [3.8, 4) is 11.5 Å². The summed E-state index contributed by atoms with van der Waals surface area (Å²) in [7, 11) is 2.91. The molecule has 1 aliphatic carbocycles. The van der Waals surface area contributed by atoms with Gasteiger partial charge in [-0.15, -0.1) is 0 Å². The van der Waals surface area contributed by atoms with Crippen LogP contribution in [0.3, 0.4) is 0 Å². The Kier molecular flexibility index (Phi) is 7.40. The van der Waals surface area contributed by atoms with E-state index >= 15 is 0 Å². The molecule has 0 spiro atoms. The van der Waals surface area contributed by atoms with Gasteiger partial charge in [-0.1, -0.05) is 29.5 Å². The summed E-state index contributed by atoms with van der Waals surface area (Å²) in [4.78, 5) is 37.2. The summed E-state index contributed by atoms with van der Waals surface area (Å²) < 4.78 is 11.0. The second kappa shape index (κ2) is 9.55. The first kappa shape index (κ1) is 21.7. The Balaban J connectivity index is 2.70. The number of ketones is 2. The van der Waals surface area contributed by atoms with Crippen LogP contribution in [0.2, 0.25) is 0 Å². The molecular weight excluding hydrogens is 376 g/mol. The minimum absolute atomic E-state index is 0.101. The lowest BCUT2D eigenvalue weighted by Crippen LogP contribution is -2.17. The standard InChI is InChI=1S/C22H24O5S/c1-6-7-19(25)28-18(11-8-13(2)3)14-12-17(26-4)20-15(23)9-10-16(24)21(20)22(14)27-5/h6-10,12,18H,11H2,1-5H3/b7-6+. The van der Waals surface area contributed by atoms with Gasteiger partial charge >= 0.3 is 0 Å². The fourth-order valence-corrected chi connectivity index (χ4v) is 3.96. The van der Waals surface area contributed by atoms with E-state index in [1.54, 1.807) is 19.1 Å². The topological polar surface area (TPSA) is 69.7 Å². The molecule has 0 heterocycles. The molecule has 5 nitrogen and oxygen atoms in total. The van der Waals surface area contributed by atoms with E-state index in [9.17, 15) is 14.4 Å². The molecule has 0 fully saturated rings. The molecular formula is C22H24O5S. The summed E-state index contributed by atoms with van der Waals surface area (Å²) >= 11 is 1.15. The van der Waals surface area contributed by atoms with Crippen LogP contribution in [0.15, 0.2) is 42.0 Å². The molecule has 0 aliphatic heterocycles. The summed E-state index contributed by atoms with van der Waals surface area (Å²) in [5.41, 5.74) is 2.14. The first-order chi connectivity index (χ1) is 13.3. The largest absolute Gasteiger partial charge is 0.496 e. The maximum atomic E-state index is 12.6. The number of fused-ring (bicyclic) bond motifs is 1. The van der Waals surface area contributed by atoms with Gasteiger partial charge in [-0.2, -0.15) is 0 Å². The van der Waals surface area contributed by atoms with Crippen LogP contribution in [0.4, 0.5) is 0 Å². The number of hydrogen-bond acceptors (Lipinski definition) is 6. The average molecular weight is 400 g/mol. The second-order valence-corrected chi connectivity index (χ2v) is 7.66. The fraction of sp³-hybridized carbons (Fsp3) is 0.318. The Bertz CT molecular complexity index is 889. The molecule has 0 aromatic heterocycles. The molecule has 6 heteroatoms. The number of methoxy groups -OCH3 is 2. The molecule has 28 heavy (non-hydrogen) atoms. The van der Waals surface area contributed by atoms with Gasteiger partial charge in [0.2, 0.25) is 5.12 Å². The molecule has 2 rings (SSSR count). The van der Waals surface area contributed by atoms with Gasteiger partial charge in [-0.05, 0) is 51.5 Å². The third-order valence-corrected chi connectivity index (χ3v) is 5.32. The van der Waals surface area contributed by atoms with Crippen LogP contribution in [0.25, 0.3) is 0 Å². The van der Waals surface area contributed by atoms with Gasteiger partial charge in [0.1, 0.15) is 11.5 Å². The molecule has 0 bridgehead atoms. The number of allylic oxidation sites excluding steroid dienone is 5. The predicted molar refractivity (Wildman–Crippen MR) is 112 cm³/mol. The minimum Gasteiger partial charge on any atom is -0.496 e. The minimum atomic E-state index is -0.322. The molecule has 0 saturated heterocycles. The smallest absolute Gasteiger partial charge is 0.212 e. The molecule has 1 aromatic carbocycles. The third kappa shape index (κ3) is 4.62. The normalized spacial score (nSPS) is 14.0. The Morgan fingerprint density at radius 3 is 2.29 bits per heavy atom. The SMILES string of the molecule is C/C=C/C(=O)SC(CC=C(C)C)c1cc(OC)c2c(c1OC)C(=O)C=CC2=O. The van der Waals surface area contributed by atoms with E-state index in [2.05, 4.69) is 0 Å². The van der Waals surface area contributed by atoms with Crippen molar-refractivity contribution >= 4 is 28.4 Å². The predicted octanol–water partition coefficient (Wildman–Crippen LogP) is 4.87. The van der Waals surface area contributed by atoms with Gasteiger partial charge in [0.05, 0.1) is 25.3 Å². The Morgan fingerprint density at radius 1 is 1.11 bits per heavy atom. The number of benzene rings is 1. The first-order valence-corrected chi connectivity index (χ1v) is 9.74. The van der Waals surface area contributed by atoms with E-state index in [-0.39, 0.29) is 33.1 Å². The molecule has 0 saturated carbocycles. The van der Waals surface area contributed by atoms with Crippen molar-refractivity contribution in [2.75, 3.05) is 14.2 Å². The van der Waals surface area contributed by atoms with E-state index in [0.717, 1.165) is 17.3 Å². The highest BCUT2D eigenvalue weighted by Gasteiger charge is 2.32. The van der Waals surface area contributed by atoms with E-state index in [1.165, 1.54) is 32.4 Å². The number of rotatable bonds is 7. The van der Waals surface area contributed by atoms with Crippen LogP contribution in [0, 0.1) is 0 Å². The molecule has 0 N–H and O–H groups in total. The molecule has 1 aromatic rings. The van der Waals surface area contributed by atoms with Crippen molar-refractivity contribution in [3.63, 3.8) is 0 Å². The van der Waals surface area contributed by atoms with Crippen molar-refractivity contribution < 1.29 is 23.9 Å². The zero-order valence-corrected chi connectivity index (χ0v) is 17.5. The van der Waals surface area contributed by atoms with Crippen LogP contribution >= 0.6 is 11.8 Å². The van der Waals surface area contributed by atoms with E-state index in [4.69, 9.17) is 9.47 Å². The number of carbonyl (C=O) groups is 3. The fourth-order valence-electron chi connectivity index (χ4n) is 2.97. The summed E-state index contributed by atoms with van der Waals surface area (Å²) in [6.45, 7) is 5.74. The van der Waals surface area contributed by atoms with Crippen molar-refractivity contribution in [1.29, 1.82) is 0 Å². The maximum Gasteiger partial charge on any atom is 0.212 e. The quantitative estimate of drug-likeness (QED) is 0.480. The van der Waals surface area contributed by atoms with Crippen LogP contribution in [0.1, 0.15) is 58.7 Å². The number of thioether (sulfide) groups is 1. The molecule has 1 aliphatic rings. The Labute approximate surface area is 169 Å². The van der Waals surface area contributed by atoms with Gasteiger partial charge in [0.25, 0.3) is 0 Å². The lowest BCUT2D eigenvalue weighted by molar-refractivity contribution is -0.107. The Morgan fingerprint density at radius 2 is 1.75 bits per heavy atom. The van der Waals surface area contributed by atoms with Crippen LogP contribution < -0.4 is 9.47 Å². The van der Waals surface area contributed by atoms with Crippen molar-refractivity contribution in [1.82, 2.24) is 0 Å². The highest BCUT2D eigenvalue weighted by atomic mass is 32.2. The monoisotopic (exact) mass is 400 g/mol. The van der Waals surface area contributed by atoms with Crippen LogP contribution in [0.5, 0.6) is 11.5 Å². The number of ether oxygens (including phenoxy) is 2. The summed E-state index contributed by atoms with van der Waals surface area (Å²) in [5.74, 6) is -0.0200.